The van der Waals surface area contributed by atoms with Crippen LogP contribution in [0.2, 0.25) is 0 Å². The van der Waals surface area contributed by atoms with Crippen LogP contribution in [-0.4, -0.2) is 19.3 Å². The summed E-state index contributed by atoms with van der Waals surface area (Å²) >= 11 is 0. The van der Waals surface area contributed by atoms with E-state index in [0.717, 1.165) is 6.54 Å². The van der Waals surface area contributed by atoms with Gasteiger partial charge in [0.25, 0.3) is 0 Å². The Morgan fingerprint density at radius 3 is 2.93 bits per heavy atom. The van der Waals surface area contributed by atoms with Gasteiger partial charge in [-0.1, -0.05) is 23.3 Å². The smallest absolute Gasteiger partial charge is 0.0574 e. The van der Waals surface area contributed by atoms with Gasteiger partial charge in [0, 0.05) is 6.54 Å². The molecule has 2 aliphatic rings. The molecule has 0 aromatic carbocycles. The third-order valence-corrected chi connectivity index (χ3v) is 3.33. The maximum Gasteiger partial charge on any atom is 0.0574 e. The van der Waals surface area contributed by atoms with Crippen molar-refractivity contribution in [2.45, 2.75) is 45.2 Å². The van der Waals surface area contributed by atoms with Gasteiger partial charge in [0.1, 0.15) is 0 Å². The predicted octanol–water partition coefficient (Wildman–Crippen LogP) is 2.34. The minimum atomic E-state index is 0.548. The first-order chi connectivity index (χ1) is 7.34. The summed E-state index contributed by atoms with van der Waals surface area (Å²) in [5, 5.41) is 7.11. The number of allylic oxidation sites excluding steroid dienone is 3. The second-order valence-corrected chi connectivity index (χ2v) is 4.72. The monoisotopic (exact) mass is 206 g/mol. The Labute approximate surface area is 92.8 Å². The summed E-state index contributed by atoms with van der Waals surface area (Å²) in [5.41, 5.74) is 3.06. The van der Waals surface area contributed by atoms with Crippen molar-refractivity contribution in [3.05, 3.63) is 23.3 Å². The van der Waals surface area contributed by atoms with Gasteiger partial charge in [-0.15, -0.1) is 0 Å². The van der Waals surface area contributed by atoms with Gasteiger partial charge in [-0.25, -0.2) is 0 Å². The summed E-state index contributed by atoms with van der Waals surface area (Å²) in [6.07, 6.45) is 11.6. The summed E-state index contributed by atoms with van der Waals surface area (Å²) < 4.78 is 0. The van der Waals surface area contributed by atoms with Crippen LogP contribution in [0, 0.1) is 0 Å². The number of rotatable bonds is 3. The molecule has 2 rings (SSSR count). The molecule has 0 saturated carbocycles. The van der Waals surface area contributed by atoms with Crippen molar-refractivity contribution in [2.75, 3.05) is 13.1 Å². The van der Waals surface area contributed by atoms with Gasteiger partial charge < -0.3 is 5.32 Å². The molecule has 0 aromatic rings. The first-order valence-electron chi connectivity index (χ1n) is 6.16. The molecule has 0 amide bonds. The average molecular weight is 206 g/mol. The van der Waals surface area contributed by atoms with Gasteiger partial charge in [-0.2, -0.15) is 0 Å². The fraction of sp³-hybridized carbons (Fsp3) is 0.692. The van der Waals surface area contributed by atoms with Gasteiger partial charge in [-0.3, -0.25) is 5.32 Å². The van der Waals surface area contributed by atoms with Crippen molar-refractivity contribution in [1.29, 1.82) is 0 Å². The highest BCUT2D eigenvalue weighted by atomic mass is 15.1. The lowest BCUT2D eigenvalue weighted by Gasteiger charge is -2.25. The molecule has 1 aliphatic carbocycles. The van der Waals surface area contributed by atoms with E-state index in [1.165, 1.54) is 44.2 Å². The molecule has 1 unspecified atom stereocenters. The van der Waals surface area contributed by atoms with Crippen LogP contribution in [-0.2, 0) is 0 Å². The molecule has 0 bridgehead atoms. The molecule has 2 heteroatoms. The van der Waals surface area contributed by atoms with E-state index in [0.29, 0.717) is 6.17 Å². The van der Waals surface area contributed by atoms with Crippen LogP contribution in [0.25, 0.3) is 0 Å². The lowest BCUT2D eigenvalue weighted by molar-refractivity contribution is 0.351. The summed E-state index contributed by atoms with van der Waals surface area (Å²) in [5.74, 6) is 0. The fourth-order valence-corrected chi connectivity index (χ4v) is 2.21. The van der Waals surface area contributed by atoms with Crippen molar-refractivity contribution < 1.29 is 0 Å². The molecule has 1 atom stereocenters. The summed E-state index contributed by atoms with van der Waals surface area (Å²) in [6.45, 7) is 4.45. The third-order valence-electron chi connectivity index (χ3n) is 3.33. The van der Waals surface area contributed by atoms with Crippen LogP contribution < -0.4 is 10.6 Å². The van der Waals surface area contributed by atoms with Gasteiger partial charge in [0.2, 0.25) is 0 Å². The summed E-state index contributed by atoms with van der Waals surface area (Å²) in [6, 6.07) is 0. The zero-order valence-corrected chi connectivity index (χ0v) is 9.68. The van der Waals surface area contributed by atoms with Gasteiger partial charge in [0.15, 0.2) is 0 Å². The Bertz CT molecular complexity index is 260. The van der Waals surface area contributed by atoms with Crippen LogP contribution in [0.4, 0.5) is 0 Å². The molecule has 1 aliphatic heterocycles. The Balaban J connectivity index is 1.73. The largest absolute Gasteiger partial charge is 0.302 e. The van der Waals surface area contributed by atoms with E-state index in [2.05, 4.69) is 29.7 Å². The van der Waals surface area contributed by atoms with E-state index in [9.17, 15) is 0 Å². The number of nitrogens with one attached hydrogen (secondary N) is 2. The molecule has 0 aromatic heterocycles. The normalized spacial score (nSPS) is 27.1. The van der Waals surface area contributed by atoms with Crippen LogP contribution in [0.15, 0.2) is 23.3 Å². The van der Waals surface area contributed by atoms with E-state index < -0.39 is 0 Å². The van der Waals surface area contributed by atoms with Crippen LogP contribution in [0.5, 0.6) is 0 Å². The minimum absolute atomic E-state index is 0.548. The zero-order chi connectivity index (χ0) is 10.5. The Morgan fingerprint density at radius 1 is 1.33 bits per heavy atom. The first kappa shape index (κ1) is 10.9. The molecule has 1 saturated heterocycles. The van der Waals surface area contributed by atoms with Gasteiger partial charge in [-0.05, 0) is 45.6 Å². The van der Waals surface area contributed by atoms with Crippen LogP contribution in [0.1, 0.15) is 39.0 Å². The maximum atomic E-state index is 3.60. The molecule has 1 fully saturated rings. The predicted molar refractivity (Wildman–Crippen MR) is 64.7 cm³/mol. The van der Waals surface area contributed by atoms with E-state index in [-0.39, 0.29) is 0 Å². The SMILES string of the molecule is CC1=CC=C(CNC2CCCCN2)CC1. The van der Waals surface area contributed by atoms with E-state index in [4.69, 9.17) is 0 Å². The van der Waals surface area contributed by atoms with E-state index >= 15 is 0 Å². The van der Waals surface area contributed by atoms with Crippen molar-refractivity contribution >= 4 is 0 Å². The highest BCUT2D eigenvalue weighted by Crippen LogP contribution is 2.17. The van der Waals surface area contributed by atoms with E-state index in [1.54, 1.807) is 5.57 Å². The molecule has 2 nitrogen and oxygen atoms in total. The highest BCUT2D eigenvalue weighted by molar-refractivity contribution is 5.23. The quantitative estimate of drug-likeness (QED) is 0.740. The number of hydrogen-bond acceptors (Lipinski definition) is 2. The zero-order valence-electron chi connectivity index (χ0n) is 9.68. The van der Waals surface area contributed by atoms with Crippen molar-refractivity contribution in [3.8, 4) is 0 Å². The molecule has 2 N–H and O–H groups in total. The van der Waals surface area contributed by atoms with Crippen molar-refractivity contribution in [2.24, 2.45) is 0 Å². The lowest BCUT2D eigenvalue weighted by atomic mass is 9.99. The first-order valence-corrected chi connectivity index (χ1v) is 6.16. The average Bonchev–Trinajstić information content (AvgIpc) is 2.30. The fourth-order valence-electron chi connectivity index (χ4n) is 2.21. The lowest BCUT2D eigenvalue weighted by Crippen LogP contribution is -2.45. The summed E-state index contributed by atoms with van der Waals surface area (Å²) in [4.78, 5) is 0. The molecule has 0 spiro atoms. The molecule has 84 valence electrons. The highest BCUT2D eigenvalue weighted by Gasteiger charge is 2.12. The molecule has 0 radical (unpaired) electrons. The molecular weight excluding hydrogens is 184 g/mol. The third kappa shape index (κ3) is 3.47. The molecular formula is C13H22N2. The molecule has 1 heterocycles. The van der Waals surface area contributed by atoms with Gasteiger partial charge in [0.05, 0.1) is 6.17 Å². The summed E-state index contributed by atoms with van der Waals surface area (Å²) in [7, 11) is 0. The number of hydrogen-bond donors (Lipinski definition) is 2. The molecule has 15 heavy (non-hydrogen) atoms. The Hall–Kier alpha value is -0.600. The topological polar surface area (TPSA) is 24.1 Å². The Morgan fingerprint density at radius 2 is 2.27 bits per heavy atom. The maximum absolute atomic E-state index is 3.60. The van der Waals surface area contributed by atoms with E-state index in [1.807, 2.05) is 0 Å². The number of piperidine rings is 1. The second-order valence-electron chi connectivity index (χ2n) is 4.72. The second kappa shape index (κ2) is 5.47. The van der Waals surface area contributed by atoms with Gasteiger partial charge >= 0.3 is 0 Å². The minimum Gasteiger partial charge on any atom is -0.302 e. The Kier molecular flexibility index (Phi) is 3.98. The van der Waals surface area contributed by atoms with Crippen LogP contribution >= 0.6 is 0 Å². The van der Waals surface area contributed by atoms with Crippen LogP contribution in [0.3, 0.4) is 0 Å². The van der Waals surface area contributed by atoms with Crippen molar-refractivity contribution in [3.63, 3.8) is 0 Å². The van der Waals surface area contributed by atoms with Crippen molar-refractivity contribution in [1.82, 2.24) is 10.6 Å². The standard InChI is InChI=1S/C13H22N2/c1-11-5-7-12(8-6-11)10-15-13-4-2-3-9-14-13/h5,7,13-15H,2-4,6,8-10H2,1H3.